The molecule has 0 saturated carbocycles. The van der Waals surface area contributed by atoms with Gasteiger partial charge in [0, 0.05) is 77.4 Å². The molecular weight excluding hydrogens is 1220 g/mol. The first-order chi connectivity index (χ1) is 59.4. The average molecular weight is 1300 g/mol. The van der Waals surface area contributed by atoms with Crippen LogP contribution in [0, 0.1) is 0 Å². The fourth-order valence-electron chi connectivity index (χ4n) is 16.4. The minimum Gasteiger partial charge on any atom is -0.309 e. The molecule has 466 valence electrons. The van der Waals surface area contributed by atoms with Gasteiger partial charge in [0.25, 0.3) is 6.71 Å². The van der Waals surface area contributed by atoms with Gasteiger partial charge in [0.1, 0.15) is 0 Å². The standard InChI is InChI=1S/C95H58BN5/c1-3-27-59(28-4-1)62-43-25-45-76-68-35-9-7-31-64(68)66-33-11-13-41-74(66)89-85(98-81-48-19-15-37-70(81)71-38-16-20-49-82(71)98)54-52-78-94(89)100(92(62)76)87-57-61(80-47-23-24-56-97-80)58-88-91(87)96(78)79-53-55-86(99-83-50-21-17-39-72(83)73-40-18-22-51-84(73)99)90-75-42-14-12-34-67(75)65-32-8-10-36-69(65)77-46-26-44-63(60-29-5-2-6-30-60)93(77)101(88)95(79)90/h1-58H/i15D,16D,17D,18D,19D,20D,21D,22D,37D,38D,39D,40D,48D,49D,50D,51D,52D,53D,54D,55D,57D,58D. The van der Waals surface area contributed by atoms with E-state index in [4.69, 9.17) is 4.98 Å². The van der Waals surface area contributed by atoms with E-state index < -0.39 is 128 Å². The highest BCUT2D eigenvalue weighted by molar-refractivity contribution is 7.00. The number of pyridine rings is 1. The maximum atomic E-state index is 11.9. The van der Waals surface area contributed by atoms with Gasteiger partial charge in [-0.2, -0.15) is 0 Å². The average Bonchev–Trinajstić information content (AvgIpc) is 1.62. The van der Waals surface area contributed by atoms with E-state index in [1.165, 1.54) is 9.13 Å². The van der Waals surface area contributed by atoms with Crippen molar-refractivity contribution >= 4 is 153 Å². The van der Waals surface area contributed by atoms with Crippen molar-refractivity contribution in [2.45, 2.75) is 0 Å². The van der Waals surface area contributed by atoms with Crippen molar-refractivity contribution in [1.29, 1.82) is 0 Å². The van der Waals surface area contributed by atoms with Crippen LogP contribution in [0.5, 0.6) is 0 Å². The smallest absolute Gasteiger partial charge is 0.252 e. The fourth-order valence-corrected chi connectivity index (χ4v) is 16.4. The van der Waals surface area contributed by atoms with Crippen molar-refractivity contribution in [1.82, 2.24) is 23.3 Å². The van der Waals surface area contributed by atoms with Crippen molar-refractivity contribution in [3.05, 3.63) is 351 Å². The van der Waals surface area contributed by atoms with Crippen molar-refractivity contribution in [3.63, 3.8) is 0 Å². The van der Waals surface area contributed by atoms with Crippen molar-refractivity contribution in [3.8, 4) is 56.3 Å². The Morgan fingerprint density at radius 1 is 0.257 bits per heavy atom. The fraction of sp³-hybridized carbons (Fsp3) is 0. The van der Waals surface area contributed by atoms with Crippen LogP contribution in [0.1, 0.15) is 30.2 Å². The van der Waals surface area contributed by atoms with Crippen molar-refractivity contribution in [2.24, 2.45) is 0 Å². The molecule has 7 heterocycles. The molecule has 5 nitrogen and oxygen atoms in total. The van der Waals surface area contributed by atoms with E-state index in [-0.39, 0.29) is 139 Å². The molecule has 0 aliphatic carbocycles. The summed E-state index contributed by atoms with van der Waals surface area (Å²) in [5.41, 5.74) is 0.899. The molecule has 0 atom stereocenters. The Bertz CT molecular complexity index is 7920. The lowest BCUT2D eigenvalue weighted by Crippen LogP contribution is -2.60. The zero-order valence-corrected chi connectivity index (χ0v) is 53.1. The molecule has 0 spiro atoms. The minimum atomic E-state index is -1.77. The summed E-state index contributed by atoms with van der Waals surface area (Å²) < 4.78 is 232. The van der Waals surface area contributed by atoms with E-state index in [2.05, 4.69) is 0 Å². The highest BCUT2D eigenvalue weighted by atomic mass is 15.1. The summed E-state index contributed by atoms with van der Waals surface area (Å²) in [6, 6.07) is 50.9. The summed E-state index contributed by atoms with van der Waals surface area (Å²) in [5.74, 6) is 0. The molecule has 0 unspecified atom stereocenters. The Hall–Kier alpha value is -13.3. The summed E-state index contributed by atoms with van der Waals surface area (Å²) >= 11 is 0. The first kappa shape index (κ1) is 38.6. The highest BCUT2D eigenvalue weighted by Crippen LogP contribution is 2.48. The molecule has 5 aromatic heterocycles. The zero-order chi connectivity index (χ0) is 85.1. The molecule has 101 heavy (non-hydrogen) atoms. The molecule has 0 radical (unpaired) electrons. The van der Waals surface area contributed by atoms with E-state index >= 15 is 0 Å². The molecule has 2 aliphatic heterocycles. The van der Waals surface area contributed by atoms with E-state index in [1.54, 1.807) is 48.7 Å². The number of hydrogen-bond donors (Lipinski definition) is 0. The van der Waals surface area contributed by atoms with E-state index in [9.17, 15) is 30.2 Å². The van der Waals surface area contributed by atoms with E-state index in [0.29, 0.717) is 76.4 Å². The van der Waals surface area contributed by atoms with Crippen LogP contribution in [0.3, 0.4) is 0 Å². The summed E-state index contributed by atoms with van der Waals surface area (Å²) in [5, 5.41) is 3.83. The van der Waals surface area contributed by atoms with Gasteiger partial charge in [-0.1, -0.05) is 285 Å². The van der Waals surface area contributed by atoms with Crippen LogP contribution in [0.4, 0.5) is 0 Å². The third-order valence-electron chi connectivity index (χ3n) is 20.4. The van der Waals surface area contributed by atoms with Crippen LogP contribution in [-0.2, 0) is 0 Å². The number of fused-ring (bicyclic) bond motifs is 24. The summed E-state index contributed by atoms with van der Waals surface area (Å²) in [4.78, 5) is 5.06. The van der Waals surface area contributed by atoms with Crippen LogP contribution < -0.4 is 16.4 Å². The van der Waals surface area contributed by atoms with Gasteiger partial charge < -0.3 is 18.3 Å². The van der Waals surface area contributed by atoms with Crippen molar-refractivity contribution in [2.75, 3.05) is 0 Å². The molecule has 15 aromatic carbocycles. The van der Waals surface area contributed by atoms with Crippen LogP contribution in [0.2, 0.25) is 0 Å². The Balaban J connectivity index is 1.14. The monoisotopic (exact) mass is 1300 g/mol. The maximum absolute atomic E-state index is 11.9. The third-order valence-corrected chi connectivity index (χ3v) is 20.4. The topological polar surface area (TPSA) is 32.6 Å². The lowest BCUT2D eigenvalue weighted by atomic mass is 9.34. The van der Waals surface area contributed by atoms with Gasteiger partial charge in [-0.05, 0) is 131 Å². The zero-order valence-electron chi connectivity index (χ0n) is 75.1. The maximum Gasteiger partial charge on any atom is 0.252 e. The SMILES string of the molecule is [2H]c1c(-c2ccccn2)c([2H])c2c3c1-n1c4c(-c5ccccc5)cccc4c4ccccc4c4ccccc4c4c(-n5c6c([2H])c([2H])c([2H])c([2H])c6c6c([2H])c([2H])c([2H])c([2H])c65)c([2H])c([2H])c(c41)B3c1c([2H])c([2H])c(-n3c4c([2H])c([2H])c([2H])c([2H])c4c4c([2H])c([2H])c([2H])c([2H])c43)c3c4ccccc4c4ccccc4c4cccc(-c5ccccc5)c4n-2c13. The molecule has 0 bridgehead atoms. The van der Waals surface area contributed by atoms with Crippen LogP contribution in [0.25, 0.3) is 187 Å². The van der Waals surface area contributed by atoms with Crippen molar-refractivity contribution < 1.29 is 30.2 Å². The predicted octanol–water partition coefficient (Wildman–Crippen LogP) is 22.5. The second-order valence-corrected chi connectivity index (χ2v) is 25.4. The first-order valence-corrected chi connectivity index (χ1v) is 33.2. The number of nitrogens with zero attached hydrogens (tertiary/aromatic N) is 5. The molecule has 0 fully saturated rings. The van der Waals surface area contributed by atoms with Gasteiger partial charge in [0.2, 0.25) is 0 Å². The van der Waals surface area contributed by atoms with Gasteiger partial charge in [-0.3, -0.25) is 4.98 Å². The summed E-state index contributed by atoms with van der Waals surface area (Å²) in [6.07, 6.45) is 1.55. The van der Waals surface area contributed by atoms with Crippen LogP contribution in [-0.4, -0.2) is 30.0 Å². The quantitative estimate of drug-likeness (QED) is 0.158. The number of hydrogen-bond acceptors (Lipinski definition) is 1. The second kappa shape index (κ2) is 21.6. The molecule has 0 saturated heterocycles. The summed E-state index contributed by atoms with van der Waals surface area (Å²) in [6.45, 7) is -1.77. The largest absolute Gasteiger partial charge is 0.309 e. The lowest BCUT2D eigenvalue weighted by molar-refractivity contribution is 1.13. The number of rotatable bonds is 5. The van der Waals surface area contributed by atoms with Gasteiger partial charge in [-0.25, -0.2) is 0 Å². The number of para-hydroxylation sites is 6. The van der Waals surface area contributed by atoms with Crippen LogP contribution in [0.15, 0.2) is 351 Å². The third kappa shape index (κ3) is 7.90. The molecule has 6 heteroatoms. The first-order valence-electron chi connectivity index (χ1n) is 44.2. The van der Waals surface area contributed by atoms with Crippen LogP contribution >= 0.6 is 0 Å². The Kier molecular flexibility index (Phi) is 8.26. The normalized spacial score (nSPS) is 15.4. The molecule has 20 aromatic rings. The Morgan fingerprint density at radius 3 is 1.00 bits per heavy atom. The molecule has 0 amide bonds. The number of benzene rings is 15. The van der Waals surface area contributed by atoms with Gasteiger partial charge >= 0.3 is 0 Å². The minimum absolute atomic E-state index is 0.00190. The predicted molar refractivity (Wildman–Crippen MR) is 428 cm³/mol. The number of aromatic nitrogens is 5. The van der Waals surface area contributed by atoms with E-state index in [1.807, 2.05) is 179 Å². The van der Waals surface area contributed by atoms with Gasteiger partial charge in [0.15, 0.2) is 0 Å². The Labute approximate surface area is 612 Å². The molecule has 0 N–H and O–H groups in total. The molecule has 2 aliphatic rings. The Morgan fingerprint density at radius 2 is 0.604 bits per heavy atom. The van der Waals surface area contributed by atoms with Gasteiger partial charge in [-0.15, -0.1) is 0 Å². The van der Waals surface area contributed by atoms with E-state index in [0.717, 1.165) is 0 Å². The second-order valence-electron chi connectivity index (χ2n) is 25.4. The summed E-state index contributed by atoms with van der Waals surface area (Å²) in [7, 11) is 0. The highest BCUT2D eigenvalue weighted by Gasteiger charge is 2.42. The van der Waals surface area contributed by atoms with Gasteiger partial charge in [0.05, 0.1) is 91.4 Å². The lowest BCUT2D eigenvalue weighted by Gasteiger charge is -2.37. The molecular formula is C95H58BN5. The molecule has 22 rings (SSSR count).